The molecule has 12 atom stereocenters. The summed E-state index contributed by atoms with van der Waals surface area (Å²) in [7, 11) is 0. The van der Waals surface area contributed by atoms with Gasteiger partial charge in [0.15, 0.2) is 0 Å². The number of hydrogen-bond acceptors (Lipinski definition) is 9. The van der Waals surface area contributed by atoms with Gasteiger partial charge in [-0.05, 0) is 80.8 Å². The van der Waals surface area contributed by atoms with Crippen LogP contribution in [0.2, 0.25) is 0 Å². The summed E-state index contributed by atoms with van der Waals surface area (Å²) in [6, 6.07) is 0. The molecule has 0 unspecified atom stereocenters. The topological polar surface area (TPSA) is 132 Å². The molecule has 0 aromatic heterocycles. The van der Waals surface area contributed by atoms with Crippen molar-refractivity contribution >= 4 is 12.3 Å². The van der Waals surface area contributed by atoms with Crippen LogP contribution in [0.4, 0.5) is 0 Å². The minimum Gasteiger partial charge on any atom is -0.458 e. The lowest BCUT2D eigenvalue weighted by Gasteiger charge is -2.62. The van der Waals surface area contributed by atoms with Gasteiger partial charge in [0.1, 0.15) is 19.0 Å². The van der Waals surface area contributed by atoms with Crippen LogP contribution in [0, 0.1) is 28.6 Å². The lowest BCUT2D eigenvalue weighted by atomic mass is 9.46. The number of aldehydes is 1. The normalized spacial score (nSPS) is 55.3. The molecule has 4 aliphatic carbocycles. The summed E-state index contributed by atoms with van der Waals surface area (Å²) in [5.74, 6) is -2.36. The van der Waals surface area contributed by atoms with E-state index in [-0.39, 0.29) is 49.0 Å². The monoisotopic (exact) mass is 530 g/mol. The highest BCUT2D eigenvalue weighted by molar-refractivity contribution is 5.85. The third kappa shape index (κ3) is 3.14. The Morgan fingerprint density at radius 1 is 1.08 bits per heavy atom. The van der Waals surface area contributed by atoms with Gasteiger partial charge >= 0.3 is 5.97 Å². The molecule has 0 bridgehead atoms. The Morgan fingerprint density at radius 2 is 1.87 bits per heavy atom. The van der Waals surface area contributed by atoms with E-state index in [1.54, 1.807) is 6.08 Å². The molecule has 3 saturated carbocycles. The fraction of sp³-hybridized carbons (Fsp3) is 0.793. The number of carbonyl (C=O) groups is 2. The Kier molecular flexibility index (Phi) is 5.48. The third-order valence-electron chi connectivity index (χ3n) is 11.5. The van der Waals surface area contributed by atoms with Gasteiger partial charge in [0.05, 0.1) is 23.9 Å². The third-order valence-corrected chi connectivity index (χ3v) is 11.5. The molecule has 5 fully saturated rings. The molecule has 9 nitrogen and oxygen atoms in total. The fourth-order valence-corrected chi connectivity index (χ4v) is 9.51. The zero-order valence-electron chi connectivity index (χ0n) is 22.0. The summed E-state index contributed by atoms with van der Waals surface area (Å²) in [5, 5.41) is 34.3. The van der Waals surface area contributed by atoms with E-state index in [1.807, 2.05) is 6.92 Å². The molecule has 3 heterocycles. The molecule has 2 saturated heterocycles. The Hall–Kier alpha value is -1.62. The molecule has 0 spiro atoms. The molecule has 9 heteroatoms. The van der Waals surface area contributed by atoms with Crippen molar-refractivity contribution < 1.29 is 43.9 Å². The highest BCUT2D eigenvalue weighted by Gasteiger charge is 2.68. The predicted molar refractivity (Wildman–Crippen MR) is 131 cm³/mol. The van der Waals surface area contributed by atoms with E-state index >= 15 is 0 Å². The van der Waals surface area contributed by atoms with E-state index in [2.05, 4.69) is 13.0 Å². The van der Waals surface area contributed by atoms with Crippen molar-refractivity contribution in [1.82, 2.24) is 0 Å². The number of aliphatic hydroxyl groups excluding tert-OH is 1. The van der Waals surface area contributed by atoms with Crippen molar-refractivity contribution in [2.24, 2.45) is 28.6 Å². The van der Waals surface area contributed by atoms with E-state index < -0.39 is 40.7 Å². The molecule has 38 heavy (non-hydrogen) atoms. The van der Waals surface area contributed by atoms with Crippen LogP contribution in [0.3, 0.4) is 0 Å². The first-order valence-corrected chi connectivity index (χ1v) is 14.2. The van der Waals surface area contributed by atoms with Gasteiger partial charge in [0, 0.05) is 23.3 Å². The minimum atomic E-state index is -1.98. The van der Waals surface area contributed by atoms with Crippen molar-refractivity contribution in [2.45, 2.75) is 107 Å². The first-order valence-electron chi connectivity index (χ1n) is 14.2. The highest BCUT2D eigenvalue weighted by atomic mass is 16.8. The maximum Gasteiger partial charge on any atom is 0.331 e. The van der Waals surface area contributed by atoms with Gasteiger partial charge in [-0.15, -0.1) is 0 Å². The average molecular weight is 531 g/mol. The van der Waals surface area contributed by atoms with E-state index in [4.69, 9.17) is 18.9 Å². The van der Waals surface area contributed by atoms with Gasteiger partial charge in [0.2, 0.25) is 12.1 Å². The van der Waals surface area contributed by atoms with Gasteiger partial charge in [-0.25, -0.2) is 4.79 Å². The van der Waals surface area contributed by atoms with Crippen LogP contribution in [0.25, 0.3) is 0 Å². The van der Waals surface area contributed by atoms with Crippen LogP contribution in [0.1, 0.15) is 65.2 Å². The summed E-state index contributed by atoms with van der Waals surface area (Å²) in [4.78, 5) is 24.9. The SMILES string of the molecule is C[C@@H]1C[C@H](O)[C@]2(O)O[C@@H]3C[C@@]4(C=O)[C@@H](CC=C5[C@@H]4CC[C@]4(C)[C@@H](C6=CC(=O)OC6)CC[C@]54O)C[C@H]3O[C@@H]2O1. The van der Waals surface area contributed by atoms with Crippen LogP contribution in [-0.2, 0) is 28.5 Å². The Bertz CT molecular complexity index is 1120. The molecular formula is C29H38O9. The lowest BCUT2D eigenvalue weighted by molar-refractivity contribution is -0.456. The second-order valence-electron chi connectivity index (χ2n) is 13.2. The smallest absolute Gasteiger partial charge is 0.331 e. The number of aliphatic hydroxyl groups is 3. The zero-order chi connectivity index (χ0) is 26.7. The van der Waals surface area contributed by atoms with Gasteiger partial charge in [-0.1, -0.05) is 13.0 Å². The van der Waals surface area contributed by atoms with Gasteiger partial charge in [-0.2, -0.15) is 0 Å². The van der Waals surface area contributed by atoms with E-state index in [0.717, 1.165) is 36.7 Å². The van der Waals surface area contributed by atoms with Crippen LogP contribution in [-0.4, -0.2) is 76.3 Å². The molecule has 208 valence electrons. The highest BCUT2D eigenvalue weighted by Crippen LogP contribution is 2.68. The number of allylic oxidation sites excluding steroid dienone is 1. The summed E-state index contributed by atoms with van der Waals surface area (Å²) < 4.78 is 23.4. The maximum absolute atomic E-state index is 13.1. The second kappa shape index (κ2) is 8.21. The van der Waals surface area contributed by atoms with E-state index in [9.17, 15) is 24.9 Å². The molecule has 0 aromatic rings. The fourth-order valence-electron chi connectivity index (χ4n) is 9.51. The number of carbonyl (C=O) groups excluding carboxylic acids is 2. The van der Waals surface area contributed by atoms with Crippen molar-refractivity contribution in [1.29, 1.82) is 0 Å². The Balaban J connectivity index is 1.21. The minimum absolute atomic E-state index is 0.0180. The number of fused-ring (bicyclic) bond motifs is 7. The van der Waals surface area contributed by atoms with Gasteiger partial charge in [-0.3, -0.25) is 0 Å². The summed E-state index contributed by atoms with van der Waals surface area (Å²) in [5.41, 5.74) is -0.362. The predicted octanol–water partition coefficient (Wildman–Crippen LogP) is 1.92. The molecule has 3 N–H and O–H groups in total. The zero-order valence-corrected chi connectivity index (χ0v) is 22.0. The number of hydrogen-bond donors (Lipinski definition) is 3. The maximum atomic E-state index is 13.1. The van der Waals surface area contributed by atoms with Crippen LogP contribution in [0.15, 0.2) is 23.3 Å². The van der Waals surface area contributed by atoms with E-state index in [1.165, 1.54) is 0 Å². The summed E-state index contributed by atoms with van der Waals surface area (Å²) >= 11 is 0. The lowest BCUT2D eigenvalue weighted by Crippen LogP contribution is -2.70. The Labute approximate surface area is 222 Å². The number of ether oxygens (including phenoxy) is 4. The van der Waals surface area contributed by atoms with Crippen LogP contribution in [0.5, 0.6) is 0 Å². The van der Waals surface area contributed by atoms with E-state index in [0.29, 0.717) is 25.7 Å². The standard InChI is InChI=1S/C29H38O9/c1-15-9-23(31)29(34)25(36-15)37-21-11-17-3-4-20-19(27(17,14-30)12-22(21)38-29)5-7-26(2)18(6-8-28(20,26)33)16-10-24(32)35-13-16/h4,10,14-15,17-19,21-23,25,31,33-34H,3,5-9,11-13H2,1-2H3/t15-,17+,18-,19+,21-,22-,23+,25+,26-,27-,28+,29+/m1/s1. The molecule has 0 aromatic carbocycles. The van der Waals surface area contributed by atoms with Gasteiger partial charge in [0.25, 0.3) is 0 Å². The van der Waals surface area contributed by atoms with Crippen LogP contribution >= 0.6 is 0 Å². The molecule has 0 amide bonds. The Morgan fingerprint density at radius 3 is 2.61 bits per heavy atom. The molecular weight excluding hydrogens is 492 g/mol. The van der Waals surface area contributed by atoms with Crippen molar-refractivity contribution in [3.63, 3.8) is 0 Å². The summed E-state index contributed by atoms with van der Waals surface area (Å²) in [6.45, 7) is 4.24. The summed E-state index contributed by atoms with van der Waals surface area (Å²) in [6.07, 6.45) is 6.04. The van der Waals surface area contributed by atoms with Gasteiger partial charge < -0.3 is 39.1 Å². The number of esters is 1. The molecule has 7 rings (SSSR count). The molecule has 0 radical (unpaired) electrons. The van der Waals surface area contributed by atoms with Crippen molar-refractivity contribution in [3.8, 4) is 0 Å². The average Bonchev–Trinajstić information content (AvgIpc) is 3.42. The molecule has 3 aliphatic heterocycles. The molecule has 7 aliphatic rings. The van der Waals surface area contributed by atoms with Crippen molar-refractivity contribution in [3.05, 3.63) is 23.3 Å². The van der Waals surface area contributed by atoms with Crippen LogP contribution < -0.4 is 0 Å². The quantitative estimate of drug-likeness (QED) is 0.278. The number of cyclic esters (lactones) is 1. The second-order valence-corrected chi connectivity index (χ2v) is 13.2. The first-order chi connectivity index (χ1) is 18.0. The first kappa shape index (κ1) is 25.4. The van der Waals surface area contributed by atoms with Crippen molar-refractivity contribution in [2.75, 3.05) is 6.61 Å². The largest absolute Gasteiger partial charge is 0.458 e. The number of rotatable bonds is 2.